The average Bonchev–Trinajstić information content (AvgIpc) is 3.32. The summed E-state index contributed by atoms with van der Waals surface area (Å²) in [7, 11) is -3.47. The third kappa shape index (κ3) is 3.57. The first kappa shape index (κ1) is 18.1. The van der Waals surface area contributed by atoms with Crippen LogP contribution in [0.3, 0.4) is 0 Å². The summed E-state index contributed by atoms with van der Waals surface area (Å²) in [5, 5.41) is 6.19. The van der Waals surface area contributed by atoms with Crippen molar-refractivity contribution >= 4 is 21.4 Å². The number of aromatic nitrogens is 1. The number of thiazole rings is 1. The fraction of sp³-hybridized carbons (Fsp3) is 0.500. The smallest absolute Gasteiger partial charge is 0.243 e. The van der Waals surface area contributed by atoms with Gasteiger partial charge in [-0.25, -0.2) is 13.4 Å². The van der Waals surface area contributed by atoms with Crippen LogP contribution in [0, 0.1) is 6.92 Å². The van der Waals surface area contributed by atoms with Crippen LogP contribution in [0.2, 0.25) is 0 Å². The zero-order valence-electron chi connectivity index (χ0n) is 14.9. The van der Waals surface area contributed by atoms with Gasteiger partial charge in [-0.1, -0.05) is 12.1 Å². The van der Waals surface area contributed by atoms with E-state index in [4.69, 9.17) is 0 Å². The van der Waals surface area contributed by atoms with Crippen molar-refractivity contribution in [3.8, 4) is 10.6 Å². The van der Waals surface area contributed by atoms with Gasteiger partial charge in [0.1, 0.15) is 5.01 Å². The van der Waals surface area contributed by atoms with E-state index >= 15 is 0 Å². The molecule has 3 heterocycles. The van der Waals surface area contributed by atoms with Crippen LogP contribution in [0.1, 0.15) is 12.1 Å². The Morgan fingerprint density at radius 1 is 1.23 bits per heavy atom. The van der Waals surface area contributed by atoms with Crippen LogP contribution in [-0.2, 0) is 10.0 Å². The van der Waals surface area contributed by atoms with Gasteiger partial charge in [0.2, 0.25) is 10.0 Å². The summed E-state index contributed by atoms with van der Waals surface area (Å²) >= 11 is 1.54. The predicted molar refractivity (Wildman–Crippen MR) is 104 cm³/mol. The van der Waals surface area contributed by atoms with Crippen LogP contribution in [0.15, 0.2) is 34.5 Å². The van der Waals surface area contributed by atoms with Crippen LogP contribution in [0.5, 0.6) is 0 Å². The molecule has 2 aliphatic heterocycles. The van der Waals surface area contributed by atoms with Gasteiger partial charge in [0.25, 0.3) is 0 Å². The first-order valence-electron chi connectivity index (χ1n) is 9.01. The molecule has 1 unspecified atom stereocenters. The molecule has 1 N–H and O–H groups in total. The Balaban J connectivity index is 1.53. The summed E-state index contributed by atoms with van der Waals surface area (Å²) in [6.07, 6.45) is 0.907. The van der Waals surface area contributed by atoms with Gasteiger partial charge in [-0.3, -0.25) is 4.90 Å². The molecular formula is C18H24N4O2S2. The fourth-order valence-corrected chi connectivity index (χ4v) is 6.03. The van der Waals surface area contributed by atoms with Crippen LogP contribution < -0.4 is 5.32 Å². The molecule has 0 saturated carbocycles. The molecule has 0 radical (unpaired) electrons. The molecular weight excluding hydrogens is 368 g/mol. The minimum absolute atomic E-state index is 0.330. The molecule has 2 aromatic rings. The van der Waals surface area contributed by atoms with E-state index in [1.54, 1.807) is 27.8 Å². The summed E-state index contributed by atoms with van der Waals surface area (Å²) < 4.78 is 27.9. The minimum Gasteiger partial charge on any atom is -0.314 e. The van der Waals surface area contributed by atoms with Crippen molar-refractivity contribution in [2.45, 2.75) is 24.3 Å². The van der Waals surface area contributed by atoms with Gasteiger partial charge < -0.3 is 5.32 Å². The van der Waals surface area contributed by atoms with Gasteiger partial charge in [-0.05, 0) is 25.5 Å². The van der Waals surface area contributed by atoms with E-state index in [2.05, 4.69) is 15.2 Å². The van der Waals surface area contributed by atoms with Gasteiger partial charge in [0, 0.05) is 61.9 Å². The topological polar surface area (TPSA) is 65.5 Å². The number of aryl methyl sites for hydroxylation is 1. The summed E-state index contributed by atoms with van der Waals surface area (Å²) in [6.45, 7) is 7.09. The molecule has 0 bridgehead atoms. The number of hydrogen-bond acceptors (Lipinski definition) is 6. The monoisotopic (exact) mass is 392 g/mol. The number of hydrogen-bond donors (Lipinski definition) is 1. The van der Waals surface area contributed by atoms with E-state index in [1.165, 1.54) is 0 Å². The maximum Gasteiger partial charge on any atom is 0.243 e. The Bertz CT molecular complexity index is 875. The normalized spacial score (nSPS) is 22.7. The number of sulfonamides is 1. The third-order valence-electron chi connectivity index (χ3n) is 5.13. The lowest BCUT2D eigenvalue weighted by Gasteiger charge is -2.32. The van der Waals surface area contributed by atoms with E-state index in [9.17, 15) is 8.42 Å². The highest BCUT2D eigenvalue weighted by Crippen LogP contribution is 2.29. The maximum atomic E-state index is 13.1. The third-order valence-corrected chi connectivity index (χ3v) is 8.00. The zero-order chi connectivity index (χ0) is 18.1. The van der Waals surface area contributed by atoms with Gasteiger partial charge in [0.15, 0.2) is 0 Å². The SMILES string of the molecule is Cc1csc(-c2cccc(S(=O)(=O)N3CCC(N4CCNCC4)C3)c2)n1. The second-order valence-corrected chi connectivity index (χ2v) is 9.71. The molecule has 8 heteroatoms. The Kier molecular flexibility index (Phi) is 5.11. The Morgan fingerprint density at radius 3 is 2.77 bits per heavy atom. The van der Waals surface area contributed by atoms with E-state index in [-0.39, 0.29) is 0 Å². The van der Waals surface area contributed by atoms with Crippen LogP contribution in [0.4, 0.5) is 0 Å². The van der Waals surface area contributed by atoms with Crippen LogP contribution >= 0.6 is 11.3 Å². The molecule has 2 fully saturated rings. The molecule has 0 amide bonds. The average molecular weight is 393 g/mol. The van der Waals surface area contributed by atoms with Crippen molar-refractivity contribution in [1.29, 1.82) is 0 Å². The molecule has 2 aliphatic rings. The van der Waals surface area contributed by atoms with Gasteiger partial charge in [0.05, 0.1) is 4.90 Å². The van der Waals surface area contributed by atoms with Gasteiger partial charge >= 0.3 is 0 Å². The number of nitrogens with one attached hydrogen (secondary N) is 1. The minimum atomic E-state index is -3.47. The standard InChI is InChI=1S/C18H24N4O2S2/c1-14-13-25-18(20-14)15-3-2-4-17(11-15)26(23,24)22-8-5-16(12-22)21-9-6-19-7-10-21/h2-4,11,13,16,19H,5-10,12H2,1H3. The molecule has 26 heavy (non-hydrogen) atoms. The van der Waals surface area contributed by atoms with E-state index in [0.717, 1.165) is 48.9 Å². The van der Waals surface area contributed by atoms with Crippen molar-refractivity contribution in [1.82, 2.24) is 19.5 Å². The van der Waals surface area contributed by atoms with Crippen molar-refractivity contribution in [2.75, 3.05) is 39.3 Å². The highest BCUT2D eigenvalue weighted by molar-refractivity contribution is 7.89. The lowest BCUT2D eigenvalue weighted by molar-refractivity contribution is 0.179. The molecule has 1 aromatic carbocycles. The van der Waals surface area contributed by atoms with Crippen molar-refractivity contribution in [2.24, 2.45) is 0 Å². The van der Waals surface area contributed by atoms with Crippen LogP contribution in [-0.4, -0.2) is 67.9 Å². The Labute approximate surface area is 158 Å². The van der Waals surface area contributed by atoms with Crippen molar-refractivity contribution in [3.05, 3.63) is 35.3 Å². The number of benzene rings is 1. The second kappa shape index (κ2) is 7.36. The molecule has 140 valence electrons. The highest BCUT2D eigenvalue weighted by atomic mass is 32.2. The fourth-order valence-electron chi connectivity index (χ4n) is 3.70. The Hall–Kier alpha value is -1.32. The van der Waals surface area contributed by atoms with E-state index in [0.29, 0.717) is 24.0 Å². The highest BCUT2D eigenvalue weighted by Gasteiger charge is 2.35. The summed E-state index contributed by atoms with van der Waals surface area (Å²) in [5.74, 6) is 0. The number of rotatable bonds is 4. The first-order valence-corrected chi connectivity index (χ1v) is 11.3. The van der Waals surface area contributed by atoms with E-state index < -0.39 is 10.0 Å². The van der Waals surface area contributed by atoms with E-state index in [1.807, 2.05) is 24.4 Å². The molecule has 6 nitrogen and oxygen atoms in total. The largest absolute Gasteiger partial charge is 0.314 e. The zero-order valence-corrected chi connectivity index (χ0v) is 16.5. The first-order chi connectivity index (χ1) is 12.5. The molecule has 0 aliphatic carbocycles. The van der Waals surface area contributed by atoms with Crippen molar-refractivity contribution < 1.29 is 8.42 Å². The second-order valence-electron chi connectivity index (χ2n) is 6.91. The predicted octanol–water partition coefficient (Wildman–Crippen LogP) is 1.79. The van der Waals surface area contributed by atoms with Gasteiger partial charge in [-0.15, -0.1) is 11.3 Å². The lowest BCUT2D eigenvalue weighted by atomic mass is 10.2. The summed E-state index contributed by atoms with van der Waals surface area (Å²) in [5.41, 5.74) is 1.82. The number of nitrogens with zero attached hydrogens (tertiary/aromatic N) is 3. The Morgan fingerprint density at radius 2 is 2.04 bits per heavy atom. The molecule has 0 spiro atoms. The van der Waals surface area contributed by atoms with Crippen LogP contribution in [0.25, 0.3) is 10.6 Å². The quantitative estimate of drug-likeness (QED) is 0.859. The number of piperazine rings is 1. The molecule has 1 aromatic heterocycles. The summed E-state index contributed by atoms with van der Waals surface area (Å²) in [6, 6.07) is 7.51. The molecule has 4 rings (SSSR count). The summed E-state index contributed by atoms with van der Waals surface area (Å²) in [4.78, 5) is 7.25. The molecule has 2 saturated heterocycles. The van der Waals surface area contributed by atoms with Gasteiger partial charge in [-0.2, -0.15) is 4.31 Å². The lowest BCUT2D eigenvalue weighted by Crippen LogP contribution is -2.49. The molecule has 1 atom stereocenters. The maximum absolute atomic E-state index is 13.1. The van der Waals surface area contributed by atoms with Crippen molar-refractivity contribution in [3.63, 3.8) is 0 Å².